The monoisotopic (exact) mass is 517 g/mol. The molecule has 2 aliphatic heterocycles. The Balaban J connectivity index is 2.39. The minimum Gasteiger partial charge on any atom is -0.490 e. The van der Waals surface area contributed by atoms with Crippen molar-refractivity contribution < 1.29 is 33.4 Å². The van der Waals surface area contributed by atoms with E-state index in [-0.39, 0.29) is 25.4 Å². The number of ether oxygens (including phenoxy) is 3. The molecule has 2 heterocycles. The Kier molecular flexibility index (Phi) is 11.0. The number of hydrogen-bond acceptors (Lipinski definition) is 7. The minimum absolute atomic E-state index is 0.0589. The van der Waals surface area contributed by atoms with E-state index in [1.807, 2.05) is 13.8 Å². The first kappa shape index (κ1) is 29.7. The molecule has 3 rings (SSSR count). The lowest BCUT2D eigenvalue weighted by molar-refractivity contribution is -0.145. The summed E-state index contributed by atoms with van der Waals surface area (Å²) in [6, 6.07) is 4.26. The van der Waals surface area contributed by atoms with Gasteiger partial charge < -0.3 is 30.2 Å². The number of carbonyl (C=O) groups is 4. The Bertz CT molecular complexity index is 967. The fourth-order valence-corrected chi connectivity index (χ4v) is 3.67. The van der Waals surface area contributed by atoms with Gasteiger partial charge in [0, 0.05) is 6.42 Å². The Morgan fingerprint density at radius 3 is 2.35 bits per heavy atom. The minimum atomic E-state index is -1.02. The van der Waals surface area contributed by atoms with Crippen LogP contribution in [0, 0.1) is 5.92 Å². The van der Waals surface area contributed by atoms with Gasteiger partial charge >= 0.3 is 12.1 Å². The number of carbonyl (C=O) groups excluding carboxylic acids is 4. The molecule has 2 aliphatic rings. The molecule has 0 saturated heterocycles. The molecule has 1 aromatic rings. The zero-order valence-electron chi connectivity index (χ0n) is 22.5. The lowest BCUT2D eigenvalue weighted by Crippen LogP contribution is -2.56. The highest BCUT2D eigenvalue weighted by molar-refractivity contribution is 5.93. The topological polar surface area (TPSA) is 132 Å². The molecule has 0 radical (unpaired) electrons. The summed E-state index contributed by atoms with van der Waals surface area (Å²) in [5.41, 5.74) is 0.0203. The predicted octanol–water partition coefficient (Wildman–Crippen LogP) is 2.65. The van der Waals surface area contributed by atoms with Crippen molar-refractivity contribution in [3.8, 4) is 5.75 Å². The van der Waals surface area contributed by atoms with Crippen molar-refractivity contribution in [2.45, 2.75) is 77.6 Å². The molecule has 2 bridgehead atoms. The Hall–Kier alpha value is -3.56. The first-order valence-electron chi connectivity index (χ1n) is 12.4. The maximum Gasteiger partial charge on any atom is 0.408 e. The van der Waals surface area contributed by atoms with E-state index in [0.717, 1.165) is 5.56 Å². The number of esters is 1. The molecule has 10 heteroatoms. The van der Waals surface area contributed by atoms with Gasteiger partial charge in [-0.15, -0.1) is 0 Å². The van der Waals surface area contributed by atoms with E-state index in [0.29, 0.717) is 12.2 Å². The quantitative estimate of drug-likeness (QED) is 0.413. The van der Waals surface area contributed by atoms with Crippen LogP contribution in [0.5, 0.6) is 5.75 Å². The maximum atomic E-state index is 13.4. The number of alkyl carbamates (subject to hydrolysis) is 1. The number of amides is 3. The van der Waals surface area contributed by atoms with Crippen LogP contribution in [0.1, 0.15) is 53.0 Å². The smallest absolute Gasteiger partial charge is 0.408 e. The fraction of sp³-hybridized carbons (Fsp3) is 0.556. The summed E-state index contributed by atoms with van der Waals surface area (Å²) in [6.07, 6.45) is 3.40. The summed E-state index contributed by atoms with van der Waals surface area (Å²) in [4.78, 5) is 51.4. The maximum absolute atomic E-state index is 13.4. The van der Waals surface area contributed by atoms with E-state index in [1.165, 1.54) is 7.11 Å². The van der Waals surface area contributed by atoms with Gasteiger partial charge in [0.1, 0.15) is 36.1 Å². The molecule has 0 unspecified atom stereocenters. The van der Waals surface area contributed by atoms with Gasteiger partial charge in [-0.25, -0.2) is 9.59 Å². The second kappa shape index (κ2) is 13.7. The van der Waals surface area contributed by atoms with E-state index < -0.39 is 47.6 Å². The zero-order chi connectivity index (χ0) is 27.6. The van der Waals surface area contributed by atoms with E-state index in [2.05, 4.69) is 16.0 Å². The number of methoxy groups -OCH3 is 1. The van der Waals surface area contributed by atoms with Crippen molar-refractivity contribution >= 4 is 23.9 Å². The highest BCUT2D eigenvalue weighted by Gasteiger charge is 2.31. The van der Waals surface area contributed by atoms with Crippen LogP contribution < -0.4 is 20.7 Å². The van der Waals surface area contributed by atoms with Crippen molar-refractivity contribution in [1.82, 2.24) is 16.0 Å². The fourth-order valence-electron chi connectivity index (χ4n) is 3.67. The molecule has 3 amide bonds. The molecule has 3 atom stereocenters. The second-order valence-corrected chi connectivity index (χ2v) is 10.3. The van der Waals surface area contributed by atoms with Gasteiger partial charge in [0.05, 0.1) is 7.11 Å². The second-order valence-electron chi connectivity index (χ2n) is 10.3. The van der Waals surface area contributed by atoms with E-state index in [1.54, 1.807) is 57.2 Å². The molecule has 0 aliphatic carbocycles. The number of hydrogen-bond donors (Lipinski definition) is 3. The van der Waals surface area contributed by atoms with Crippen molar-refractivity contribution in [2.75, 3.05) is 13.7 Å². The van der Waals surface area contributed by atoms with Crippen LogP contribution in [0.2, 0.25) is 0 Å². The zero-order valence-corrected chi connectivity index (χ0v) is 22.5. The molecule has 10 nitrogen and oxygen atoms in total. The molecule has 0 spiro atoms. The predicted molar refractivity (Wildman–Crippen MR) is 138 cm³/mol. The van der Waals surface area contributed by atoms with Crippen LogP contribution in [0.25, 0.3) is 0 Å². The molecule has 0 fully saturated rings. The van der Waals surface area contributed by atoms with E-state index in [9.17, 15) is 19.2 Å². The number of nitrogens with one attached hydrogen (secondary N) is 3. The molecule has 0 aromatic heterocycles. The van der Waals surface area contributed by atoms with Crippen molar-refractivity contribution in [3.05, 3.63) is 42.0 Å². The lowest BCUT2D eigenvalue weighted by Gasteiger charge is -2.26. The molecule has 3 N–H and O–H groups in total. The third kappa shape index (κ3) is 10.5. The van der Waals surface area contributed by atoms with Crippen LogP contribution >= 0.6 is 0 Å². The summed E-state index contributed by atoms with van der Waals surface area (Å²) in [7, 11) is 1.24. The van der Waals surface area contributed by atoms with Crippen LogP contribution in [0.3, 0.4) is 0 Å². The molecule has 1 aromatic carbocycles. The third-order valence-corrected chi connectivity index (χ3v) is 5.40. The summed E-state index contributed by atoms with van der Waals surface area (Å²) in [5.74, 6) is -0.999. The first-order valence-corrected chi connectivity index (χ1v) is 12.4. The van der Waals surface area contributed by atoms with Gasteiger partial charge in [-0.05, 0) is 57.2 Å². The Labute approximate surface area is 218 Å². The summed E-state index contributed by atoms with van der Waals surface area (Å²) in [6.45, 7) is 9.27. The first-order chi connectivity index (χ1) is 17.4. The average molecular weight is 518 g/mol. The SMILES string of the molecule is COC(=O)[C@@H]1C/C=C/COc2ccc(cc2)C[C@H](NC(=O)OC(C)(C)C)C(=O)N[C@@H](CC(C)C)C(=O)N1. The number of benzene rings is 1. The summed E-state index contributed by atoms with van der Waals surface area (Å²) in [5, 5.41) is 8.08. The van der Waals surface area contributed by atoms with Gasteiger partial charge in [-0.3, -0.25) is 9.59 Å². The molecular weight excluding hydrogens is 478 g/mol. The van der Waals surface area contributed by atoms with Crippen LogP contribution in [-0.2, 0) is 30.3 Å². The number of rotatable bonds is 4. The largest absolute Gasteiger partial charge is 0.490 e. The van der Waals surface area contributed by atoms with Gasteiger partial charge in [0.15, 0.2) is 0 Å². The Morgan fingerprint density at radius 2 is 1.76 bits per heavy atom. The Morgan fingerprint density at radius 1 is 1.08 bits per heavy atom. The van der Waals surface area contributed by atoms with Gasteiger partial charge in [0.25, 0.3) is 0 Å². The van der Waals surface area contributed by atoms with Crippen LogP contribution in [0.15, 0.2) is 36.4 Å². The highest BCUT2D eigenvalue weighted by atomic mass is 16.6. The molecule has 37 heavy (non-hydrogen) atoms. The van der Waals surface area contributed by atoms with Gasteiger partial charge in [-0.2, -0.15) is 0 Å². The van der Waals surface area contributed by atoms with Crippen LogP contribution in [0.4, 0.5) is 4.79 Å². The van der Waals surface area contributed by atoms with Crippen LogP contribution in [-0.4, -0.2) is 61.3 Å². The summed E-state index contributed by atoms with van der Waals surface area (Å²) < 4.78 is 15.9. The van der Waals surface area contributed by atoms with Gasteiger partial charge in [-0.1, -0.05) is 38.1 Å². The van der Waals surface area contributed by atoms with Crippen molar-refractivity contribution in [1.29, 1.82) is 0 Å². The van der Waals surface area contributed by atoms with E-state index >= 15 is 0 Å². The third-order valence-electron chi connectivity index (χ3n) is 5.40. The normalized spacial score (nSPS) is 22.2. The molecular formula is C27H39N3O7. The molecule has 0 saturated carbocycles. The number of fused-ring (bicyclic) bond motifs is 13. The summed E-state index contributed by atoms with van der Waals surface area (Å²) >= 11 is 0. The van der Waals surface area contributed by atoms with E-state index in [4.69, 9.17) is 14.2 Å². The molecule has 204 valence electrons. The lowest BCUT2D eigenvalue weighted by atomic mass is 10.0. The van der Waals surface area contributed by atoms with Crippen molar-refractivity contribution in [3.63, 3.8) is 0 Å². The average Bonchev–Trinajstić information content (AvgIpc) is 2.80. The standard InChI is InChI=1S/C27H39N3O7/c1-17(2)15-21-23(31)28-20(25(33)35-6)9-7-8-14-36-19-12-10-18(11-13-19)16-22(24(32)29-21)30-26(34)37-27(3,4)5/h7-8,10-13,17,20-22H,9,14-16H2,1-6H3,(H,28,31)(H,29,32)(H,30,34)/b8-7+/t20-,21-,22-/m0/s1. The van der Waals surface area contributed by atoms with Crippen molar-refractivity contribution in [2.24, 2.45) is 5.92 Å². The highest BCUT2D eigenvalue weighted by Crippen LogP contribution is 2.15. The van der Waals surface area contributed by atoms with Gasteiger partial charge in [0.2, 0.25) is 11.8 Å².